The van der Waals surface area contributed by atoms with Gasteiger partial charge in [-0.2, -0.15) is 4.31 Å². The highest BCUT2D eigenvalue weighted by Gasteiger charge is 2.33. The van der Waals surface area contributed by atoms with Gasteiger partial charge >= 0.3 is 6.03 Å². The molecule has 0 bridgehead atoms. The number of carbonyl (C=O) groups is 2. The van der Waals surface area contributed by atoms with Gasteiger partial charge in [0.2, 0.25) is 15.9 Å². The molecule has 1 heterocycles. The van der Waals surface area contributed by atoms with Crippen LogP contribution in [0, 0.1) is 5.92 Å². The molecule has 1 fully saturated rings. The molecule has 1 saturated carbocycles. The smallest absolute Gasteiger partial charge is 0.319 e. The van der Waals surface area contributed by atoms with Crippen LogP contribution in [0.4, 0.5) is 10.5 Å². The number of fused-ring (bicyclic) bond motifs is 1. The molecular formula is C30H41ClN4O6S. The highest BCUT2D eigenvalue weighted by molar-refractivity contribution is 7.89. The van der Waals surface area contributed by atoms with E-state index >= 15 is 0 Å². The van der Waals surface area contributed by atoms with E-state index < -0.39 is 22.2 Å². The van der Waals surface area contributed by atoms with Crippen LogP contribution in [0.25, 0.3) is 0 Å². The van der Waals surface area contributed by atoms with E-state index in [1.54, 1.807) is 30.0 Å². The van der Waals surface area contributed by atoms with Crippen LogP contribution in [0.2, 0.25) is 5.02 Å². The molecule has 230 valence electrons. The van der Waals surface area contributed by atoms with Gasteiger partial charge in [-0.3, -0.25) is 4.79 Å². The number of benzene rings is 2. The number of ether oxygens (including phenoxy) is 1. The first-order valence-electron chi connectivity index (χ1n) is 14.5. The molecule has 2 aliphatic rings. The number of hydrogen-bond acceptors (Lipinski definition) is 6. The summed E-state index contributed by atoms with van der Waals surface area (Å²) in [6.07, 6.45) is 4.68. The molecule has 3 atom stereocenters. The number of nitrogens with zero attached hydrogens (tertiary/aromatic N) is 2. The van der Waals surface area contributed by atoms with Crippen molar-refractivity contribution in [2.24, 2.45) is 5.92 Å². The average Bonchev–Trinajstić information content (AvgIpc) is 3.00. The second-order valence-corrected chi connectivity index (χ2v) is 13.9. The van der Waals surface area contributed by atoms with E-state index in [2.05, 4.69) is 10.6 Å². The first-order valence-corrected chi connectivity index (χ1v) is 16.3. The third-order valence-electron chi connectivity index (χ3n) is 8.07. The fourth-order valence-electron chi connectivity index (χ4n) is 5.46. The van der Waals surface area contributed by atoms with Gasteiger partial charge in [0.05, 0.1) is 30.5 Å². The van der Waals surface area contributed by atoms with Crippen molar-refractivity contribution in [1.29, 1.82) is 0 Å². The average molecular weight is 621 g/mol. The van der Waals surface area contributed by atoms with E-state index in [-0.39, 0.29) is 54.9 Å². The Morgan fingerprint density at radius 1 is 1.17 bits per heavy atom. The summed E-state index contributed by atoms with van der Waals surface area (Å²) in [5.74, 6) is -0.0371. The van der Waals surface area contributed by atoms with Gasteiger partial charge in [-0.25, -0.2) is 13.2 Å². The fourth-order valence-corrected chi connectivity index (χ4v) is 6.77. The predicted octanol–water partition coefficient (Wildman–Crippen LogP) is 4.26. The second-order valence-electron chi connectivity index (χ2n) is 11.4. The third kappa shape index (κ3) is 7.94. The van der Waals surface area contributed by atoms with E-state index in [1.807, 2.05) is 6.92 Å². The summed E-state index contributed by atoms with van der Waals surface area (Å²) >= 11 is 5.95. The lowest BCUT2D eigenvalue weighted by Gasteiger charge is -2.33. The van der Waals surface area contributed by atoms with Gasteiger partial charge in [0.15, 0.2) is 0 Å². The minimum absolute atomic E-state index is 0.00219. The number of sulfonamides is 1. The van der Waals surface area contributed by atoms with E-state index in [1.165, 1.54) is 42.0 Å². The molecule has 12 heteroatoms. The number of hydrogen-bond donors (Lipinski definition) is 3. The normalized spacial score (nSPS) is 21.0. The summed E-state index contributed by atoms with van der Waals surface area (Å²) in [7, 11) is -2.35. The zero-order valence-electron chi connectivity index (χ0n) is 24.4. The van der Waals surface area contributed by atoms with Gasteiger partial charge < -0.3 is 25.4 Å². The quantitative estimate of drug-likeness (QED) is 0.405. The van der Waals surface area contributed by atoms with E-state index in [0.29, 0.717) is 22.0 Å². The topological polar surface area (TPSA) is 128 Å². The monoisotopic (exact) mass is 620 g/mol. The minimum atomic E-state index is -3.84. The van der Waals surface area contributed by atoms with Crippen LogP contribution in [0.3, 0.4) is 0 Å². The van der Waals surface area contributed by atoms with Crippen molar-refractivity contribution in [2.75, 3.05) is 32.1 Å². The summed E-state index contributed by atoms with van der Waals surface area (Å²) < 4.78 is 34.4. The molecule has 0 aromatic heterocycles. The summed E-state index contributed by atoms with van der Waals surface area (Å²) in [4.78, 5) is 27.9. The molecule has 42 heavy (non-hydrogen) atoms. The van der Waals surface area contributed by atoms with Gasteiger partial charge in [-0.1, -0.05) is 37.8 Å². The molecule has 2 aromatic rings. The Bertz CT molecular complexity index is 1350. The predicted molar refractivity (Wildman–Crippen MR) is 162 cm³/mol. The maximum atomic E-state index is 13.5. The van der Waals surface area contributed by atoms with Crippen LogP contribution in [0.15, 0.2) is 47.4 Å². The van der Waals surface area contributed by atoms with Gasteiger partial charge in [-0.05, 0) is 62.2 Å². The number of halogens is 1. The Labute approximate surface area is 253 Å². The molecule has 3 amide bonds. The van der Waals surface area contributed by atoms with Crippen LogP contribution in [-0.2, 0) is 21.2 Å². The molecule has 3 N–H and O–H groups in total. The number of aliphatic hydroxyl groups is 1. The van der Waals surface area contributed by atoms with Crippen molar-refractivity contribution >= 4 is 39.2 Å². The molecule has 0 spiro atoms. The molecular weight excluding hydrogens is 580 g/mol. The number of amides is 3. The van der Waals surface area contributed by atoms with Gasteiger partial charge in [0, 0.05) is 41.8 Å². The molecule has 0 saturated heterocycles. The van der Waals surface area contributed by atoms with Crippen LogP contribution >= 0.6 is 11.6 Å². The fraction of sp³-hybridized carbons (Fsp3) is 0.533. The molecule has 1 aliphatic heterocycles. The minimum Gasteiger partial charge on any atom is -0.488 e. The second kappa shape index (κ2) is 14.1. The number of rotatable bonds is 8. The summed E-state index contributed by atoms with van der Waals surface area (Å²) in [6, 6.07) is 10.5. The maximum absolute atomic E-state index is 13.5. The Hall–Kier alpha value is -2.86. The lowest BCUT2D eigenvalue weighted by atomic mass is 9.96. The lowest BCUT2D eigenvalue weighted by Crippen LogP contribution is -2.48. The number of nitrogens with one attached hydrogen (secondary N) is 2. The molecule has 1 aliphatic carbocycles. The highest BCUT2D eigenvalue weighted by atomic mass is 35.5. The first-order chi connectivity index (χ1) is 20.0. The number of urea groups is 1. The molecule has 4 rings (SSSR count). The summed E-state index contributed by atoms with van der Waals surface area (Å²) in [5, 5.41) is 16.2. The van der Waals surface area contributed by atoms with E-state index in [0.717, 1.165) is 25.7 Å². The zero-order chi connectivity index (χ0) is 30.4. The molecule has 2 aromatic carbocycles. The Morgan fingerprint density at radius 3 is 2.52 bits per heavy atom. The van der Waals surface area contributed by atoms with Crippen molar-refractivity contribution in [1.82, 2.24) is 14.5 Å². The van der Waals surface area contributed by atoms with Crippen LogP contribution < -0.4 is 15.4 Å². The number of anilines is 1. The zero-order valence-corrected chi connectivity index (χ0v) is 26.0. The van der Waals surface area contributed by atoms with E-state index in [9.17, 15) is 23.1 Å². The lowest BCUT2D eigenvalue weighted by molar-refractivity contribution is -0.134. The molecule has 10 nitrogen and oxygen atoms in total. The Kier molecular flexibility index (Phi) is 10.7. The molecule has 0 radical (unpaired) electrons. The van der Waals surface area contributed by atoms with Crippen LogP contribution in [-0.4, -0.2) is 79.6 Å². The Morgan fingerprint density at radius 2 is 1.86 bits per heavy atom. The first kappa shape index (κ1) is 32.1. The number of carbonyl (C=O) groups excluding carboxylic acids is 2. The van der Waals surface area contributed by atoms with Gasteiger partial charge in [0.25, 0.3) is 0 Å². The Balaban J connectivity index is 1.59. The molecule has 0 unspecified atom stereocenters. The summed E-state index contributed by atoms with van der Waals surface area (Å²) in [6.45, 7) is 3.73. The van der Waals surface area contributed by atoms with Gasteiger partial charge in [0.1, 0.15) is 11.9 Å². The highest BCUT2D eigenvalue weighted by Crippen LogP contribution is 2.30. The van der Waals surface area contributed by atoms with Crippen molar-refractivity contribution in [3.8, 4) is 5.75 Å². The van der Waals surface area contributed by atoms with Crippen molar-refractivity contribution in [3.63, 3.8) is 0 Å². The number of likely N-dealkylation sites (N-methyl/N-ethyl adjacent to an activating group) is 1. The maximum Gasteiger partial charge on any atom is 0.319 e. The largest absolute Gasteiger partial charge is 0.488 e. The van der Waals surface area contributed by atoms with E-state index in [4.69, 9.17) is 16.3 Å². The summed E-state index contributed by atoms with van der Waals surface area (Å²) in [5.41, 5.74) is 1.08. The van der Waals surface area contributed by atoms with Gasteiger partial charge in [-0.15, -0.1) is 0 Å². The SMILES string of the molecule is C[C@H]1CN([C@@H](C)CO)C(=O)Cc2cc(NC(=O)NC3CCCCC3)ccc2O[C@H]1CN(C)S(=O)(=O)c1ccc(Cl)cc1. The third-order valence-corrected chi connectivity index (χ3v) is 10.2. The standard InChI is InChI=1S/C30H41ClN4O6S/c1-20-17-35(21(2)19-36)29(37)16-22-15-25(33-30(38)32-24-7-5-4-6-8-24)11-14-27(22)41-28(20)18-34(3)42(39,40)26-12-9-23(31)10-13-26/h9-15,20-21,24,28,36H,4-8,16-19H2,1-3H3,(H2,32,33,38)/t20-,21-,28-/m0/s1. The number of aliphatic hydroxyl groups excluding tert-OH is 1. The van der Waals surface area contributed by atoms with Crippen LogP contribution in [0.5, 0.6) is 5.75 Å². The van der Waals surface area contributed by atoms with Crippen molar-refractivity contribution in [2.45, 2.75) is 75.5 Å². The van der Waals surface area contributed by atoms with Crippen molar-refractivity contribution in [3.05, 3.63) is 53.1 Å². The van der Waals surface area contributed by atoms with Crippen LogP contribution in [0.1, 0.15) is 51.5 Å². The van der Waals surface area contributed by atoms with Crippen molar-refractivity contribution < 1.29 is 27.9 Å².